The van der Waals surface area contributed by atoms with E-state index in [9.17, 15) is 13.5 Å². The molecule has 7 heteroatoms. The summed E-state index contributed by atoms with van der Waals surface area (Å²) < 4.78 is 23.0. The Labute approximate surface area is 119 Å². The van der Waals surface area contributed by atoms with Gasteiger partial charge in [-0.15, -0.1) is 0 Å². The van der Waals surface area contributed by atoms with Gasteiger partial charge in [0.05, 0.1) is 17.5 Å². The molecule has 0 bridgehead atoms. The molecule has 20 heavy (non-hydrogen) atoms. The number of hydrogen-bond donors (Lipinski definition) is 3. The first-order valence-corrected chi connectivity index (χ1v) is 8.27. The van der Waals surface area contributed by atoms with E-state index < -0.39 is 10.0 Å². The van der Waals surface area contributed by atoms with Gasteiger partial charge in [-0.1, -0.05) is 12.8 Å². The molecule has 112 valence electrons. The second kappa shape index (κ2) is 5.99. The summed E-state index contributed by atoms with van der Waals surface area (Å²) in [4.78, 5) is 2.03. The van der Waals surface area contributed by atoms with Gasteiger partial charge in [0.1, 0.15) is 0 Å². The summed E-state index contributed by atoms with van der Waals surface area (Å²) in [5.41, 5.74) is 6.84. The standard InChI is InChI=1S/C13H21N3O3S/c14-10-6-12(8-13(7-10)20(15,18)19)16-5-3-1-2-4-11(16)9-17/h6-8,11,17H,1-5,9,14H2,(H2,15,18,19). The summed E-state index contributed by atoms with van der Waals surface area (Å²) in [6.07, 6.45) is 4.06. The first-order chi connectivity index (χ1) is 9.41. The number of anilines is 2. The average Bonchev–Trinajstić information content (AvgIpc) is 2.61. The molecule has 1 aromatic carbocycles. The number of nitrogen functional groups attached to an aromatic ring is 1. The Bertz CT molecular complexity index is 574. The quantitative estimate of drug-likeness (QED) is 0.710. The molecule has 1 saturated heterocycles. The molecule has 1 heterocycles. The lowest BCUT2D eigenvalue weighted by atomic mass is 10.1. The predicted molar refractivity (Wildman–Crippen MR) is 78.9 cm³/mol. The second-order valence-electron chi connectivity index (χ2n) is 5.18. The Morgan fingerprint density at radius 2 is 2.00 bits per heavy atom. The van der Waals surface area contributed by atoms with Crippen molar-refractivity contribution in [3.05, 3.63) is 18.2 Å². The van der Waals surface area contributed by atoms with E-state index in [0.717, 1.165) is 32.2 Å². The summed E-state index contributed by atoms with van der Waals surface area (Å²) in [7, 11) is -3.79. The zero-order valence-electron chi connectivity index (χ0n) is 11.3. The van der Waals surface area contributed by atoms with Gasteiger partial charge in [-0.25, -0.2) is 13.6 Å². The highest BCUT2D eigenvalue weighted by molar-refractivity contribution is 7.89. The van der Waals surface area contributed by atoms with E-state index in [0.29, 0.717) is 11.4 Å². The van der Waals surface area contributed by atoms with Crippen molar-refractivity contribution in [3.8, 4) is 0 Å². The van der Waals surface area contributed by atoms with Crippen molar-refractivity contribution in [3.63, 3.8) is 0 Å². The molecule has 0 aliphatic carbocycles. The minimum Gasteiger partial charge on any atom is -0.399 e. The third kappa shape index (κ3) is 3.41. The summed E-state index contributed by atoms with van der Waals surface area (Å²) in [5.74, 6) is 0. The fraction of sp³-hybridized carbons (Fsp3) is 0.538. The van der Waals surface area contributed by atoms with Gasteiger partial charge in [0.25, 0.3) is 0 Å². The highest BCUT2D eigenvalue weighted by Crippen LogP contribution is 2.28. The minimum atomic E-state index is -3.79. The van der Waals surface area contributed by atoms with E-state index in [4.69, 9.17) is 10.9 Å². The molecule has 0 saturated carbocycles. The fourth-order valence-corrected chi connectivity index (χ4v) is 3.23. The molecule has 5 N–H and O–H groups in total. The van der Waals surface area contributed by atoms with Gasteiger partial charge in [-0.2, -0.15) is 0 Å². The van der Waals surface area contributed by atoms with Crippen molar-refractivity contribution < 1.29 is 13.5 Å². The van der Waals surface area contributed by atoms with Crippen LogP contribution >= 0.6 is 0 Å². The average molecular weight is 299 g/mol. The Hall–Kier alpha value is -1.31. The molecule has 1 aliphatic rings. The maximum atomic E-state index is 11.5. The Morgan fingerprint density at radius 1 is 1.25 bits per heavy atom. The van der Waals surface area contributed by atoms with E-state index in [1.165, 1.54) is 12.1 Å². The number of nitrogens with zero attached hydrogens (tertiary/aromatic N) is 1. The molecule has 0 aromatic heterocycles. The molecule has 2 rings (SSSR count). The SMILES string of the molecule is Nc1cc(N2CCCCCC2CO)cc(S(N)(=O)=O)c1. The number of nitrogens with two attached hydrogens (primary N) is 2. The van der Waals surface area contributed by atoms with E-state index >= 15 is 0 Å². The number of aliphatic hydroxyl groups is 1. The van der Waals surface area contributed by atoms with Crippen LogP contribution in [0, 0.1) is 0 Å². The third-order valence-corrected chi connectivity index (χ3v) is 4.55. The second-order valence-corrected chi connectivity index (χ2v) is 6.75. The molecule has 0 amide bonds. The van der Waals surface area contributed by atoms with Crippen molar-refractivity contribution in [2.45, 2.75) is 36.6 Å². The molecule has 0 spiro atoms. The zero-order chi connectivity index (χ0) is 14.8. The van der Waals surface area contributed by atoms with Crippen molar-refractivity contribution in [2.24, 2.45) is 5.14 Å². The number of benzene rings is 1. The van der Waals surface area contributed by atoms with Gasteiger partial charge in [0.15, 0.2) is 0 Å². The minimum absolute atomic E-state index is 0.00683. The van der Waals surface area contributed by atoms with Crippen LogP contribution in [-0.2, 0) is 10.0 Å². The summed E-state index contributed by atoms with van der Waals surface area (Å²) in [6, 6.07) is 4.60. The smallest absolute Gasteiger partial charge is 0.238 e. The molecule has 1 fully saturated rings. The van der Waals surface area contributed by atoms with Crippen molar-refractivity contribution in [1.29, 1.82) is 0 Å². The van der Waals surface area contributed by atoms with Gasteiger partial charge in [0, 0.05) is 17.9 Å². The molecule has 6 nitrogen and oxygen atoms in total. The first kappa shape index (κ1) is 15.1. The number of hydrogen-bond acceptors (Lipinski definition) is 5. The highest BCUT2D eigenvalue weighted by atomic mass is 32.2. The lowest BCUT2D eigenvalue weighted by molar-refractivity contribution is 0.255. The molecular weight excluding hydrogens is 278 g/mol. The molecule has 1 aliphatic heterocycles. The van der Waals surface area contributed by atoms with Crippen LogP contribution in [0.4, 0.5) is 11.4 Å². The highest BCUT2D eigenvalue weighted by Gasteiger charge is 2.22. The largest absolute Gasteiger partial charge is 0.399 e. The van der Waals surface area contributed by atoms with Crippen LogP contribution in [0.3, 0.4) is 0 Å². The zero-order valence-corrected chi connectivity index (χ0v) is 12.1. The van der Waals surface area contributed by atoms with E-state index in [-0.39, 0.29) is 17.5 Å². The van der Waals surface area contributed by atoms with E-state index in [2.05, 4.69) is 0 Å². The molecule has 1 atom stereocenters. The monoisotopic (exact) mass is 299 g/mol. The molecule has 1 unspecified atom stereocenters. The first-order valence-electron chi connectivity index (χ1n) is 6.72. The van der Waals surface area contributed by atoms with Crippen LogP contribution < -0.4 is 15.8 Å². The van der Waals surface area contributed by atoms with Crippen LogP contribution in [0.1, 0.15) is 25.7 Å². The van der Waals surface area contributed by atoms with Gasteiger partial charge in [0.2, 0.25) is 10.0 Å². The summed E-state index contributed by atoms with van der Waals surface area (Å²) >= 11 is 0. The van der Waals surface area contributed by atoms with E-state index in [1.54, 1.807) is 6.07 Å². The van der Waals surface area contributed by atoms with E-state index in [1.807, 2.05) is 4.90 Å². The van der Waals surface area contributed by atoms with Gasteiger partial charge >= 0.3 is 0 Å². The van der Waals surface area contributed by atoms with Crippen LogP contribution in [0.5, 0.6) is 0 Å². The van der Waals surface area contributed by atoms with Gasteiger partial charge < -0.3 is 15.7 Å². The van der Waals surface area contributed by atoms with Crippen LogP contribution in [0.15, 0.2) is 23.1 Å². The Balaban J connectivity index is 2.42. The van der Waals surface area contributed by atoms with Crippen LogP contribution in [0.2, 0.25) is 0 Å². The van der Waals surface area contributed by atoms with Gasteiger partial charge in [-0.05, 0) is 31.0 Å². The Morgan fingerprint density at radius 3 is 2.65 bits per heavy atom. The number of sulfonamides is 1. The van der Waals surface area contributed by atoms with Crippen LogP contribution in [0.25, 0.3) is 0 Å². The van der Waals surface area contributed by atoms with Crippen molar-refractivity contribution in [1.82, 2.24) is 0 Å². The topological polar surface area (TPSA) is 110 Å². The molecule has 1 aromatic rings. The molecular formula is C13H21N3O3S. The normalized spacial score (nSPS) is 20.7. The number of primary sulfonamides is 1. The molecule has 0 radical (unpaired) electrons. The maximum Gasteiger partial charge on any atom is 0.238 e. The summed E-state index contributed by atoms with van der Waals surface area (Å²) in [6.45, 7) is 0.818. The third-order valence-electron chi connectivity index (χ3n) is 3.66. The summed E-state index contributed by atoms with van der Waals surface area (Å²) in [5, 5.41) is 14.7. The fourth-order valence-electron chi connectivity index (χ4n) is 2.64. The van der Waals surface area contributed by atoms with Crippen molar-refractivity contribution in [2.75, 3.05) is 23.8 Å². The lowest BCUT2D eigenvalue weighted by Crippen LogP contribution is -2.37. The number of rotatable bonds is 3. The van der Waals surface area contributed by atoms with Crippen molar-refractivity contribution >= 4 is 21.4 Å². The number of aliphatic hydroxyl groups excluding tert-OH is 1. The van der Waals surface area contributed by atoms with Crippen LogP contribution in [-0.4, -0.2) is 32.7 Å². The predicted octanol–water partition coefficient (Wildman–Crippen LogP) is 0.658. The van der Waals surface area contributed by atoms with Gasteiger partial charge in [-0.3, -0.25) is 0 Å². The lowest BCUT2D eigenvalue weighted by Gasteiger charge is -2.31. The maximum absolute atomic E-state index is 11.5. The Kier molecular flexibility index (Phi) is 4.52.